The zero-order valence-electron chi connectivity index (χ0n) is 10.8. The summed E-state index contributed by atoms with van der Waals surface area (Å²) in [5, 5.41) is 3.73. The predicted molar refractivity (Wildman–Crippen MR) is 82.8 cm³/mol. The predicted octanol–water partition coefficient (Wildman–Crippen LogP) is 4.40. The highest BCUT2D eigenvalue weighted by Crippen LogP contribution is 2.16. The highest BCUT2D eigenvalue weighted by Gasteiger charge is 2.09. The first-order valence-electron chi connectivity index (χ1n) is 6.28. The van der Waals surface area contributed by atoms with Crippen LogP contribution >= 0.6 is 15.9 Å². The number of anilines is 1. The van der Waals surface area contributed by atoms with Crippen molar-refractivity contribution in [3.8, 4) is 0 Å². The van der Waals surface area contributed by atoms with Crippen LogP contribution in [0.5, 0.6) is 0 Å². The van der Waals surface area contributed by atoms with E-state index in [0.29, 0.717) is 0 Å². The van der Waals surface area contributed by atoms with E-state index in [2.05, 4.69) is 28.2 Å². The van der Waals surface area contributed by atoms with E-state index in [0.717, 1.165) is 34.1 Å². The Kier molecular flexibility index (Phi) is 4.74. The fraction of sp³-hybridized carbons (Fsp3) is 0.188. The van der Waals surface area contributed by atoms with E-state index in [9.17, 15) is 4.79 Å². The second-order valence-corrected chi connectivity index (χ2v) is 4.86. The quantitative estimate of drug-likeness (QED) is 0.832. The van der Waals surface area contributed by atoms with Crippen molar-refractivity contribution in [1.82, 2.24) is 0 Å². The minimum atomic E-state index is -0.0517. The largest absolute Gasteiger partial charge is 0.322 e. The van der Waals surface area contributed by atoms with Crippen LogP contribution in [0.4, 0.5) is 5.69 Å². The molecular weight excluding hydrogens is 302 g/mol. The molecule has 0 aliphatic rings. The molecule has 0 radical (unpaired) electrons. The summed E-state index contributed by atoms with van der Waals surface area (Å²) < 4.78 is 0. The lowest BCUT2D eigenvalue weighted by atomic mass is 10.0. The van der Waals surface area contributed by atoms with E-state index >= 15 is 0 Å². The molecule has 1 N–H and O–H groups in total. The fourth-order valence-corrected chi connectivity index (χ4v) is 2.33. The van der Waals surface area contributed by atoms with Crippen LogP contribution in [0, 0.1) is 0 Å². The molecule has 19 heavy (non-hydrogen) atoms. The highest BCUT2D eigenvalue weighted by molar-refractivity contribution is 9.08. The molecule has 0 aromatic heterocycles. The number of nitrogens with one attached hydrogen (secondary N) is 1. The van der Waals surface area contributed by atoms with E-state index < -0.39 is 0 Å². The van der Waals surface area contributed by atoms with Crippen molar-refractivity contribution in [2.75, 3.05) is 5.32 Å². The van der Waals surface area contributed by atoms with Crippen LogP contribution in [0.1, 0.15) is 28.4 Å². The molecule has 0 saturated heterocycles. The highest BCUT2D eigenvalue weighted by atomic mass is 79.9. The summed E-state index contributed by atoms with van der Waals surface area (Å²) in [6.45, 7) is 2.05. The van der Waals surface area contributed by atoms with Gasteiger partial charge in [-0.05, 0) is 35.7 Å². The third-order valence-electron chi connectivity index (χ3n) is 2.98. The van der Waals surface area contributed by atoms with Gasteiger partial charge < -0.3 is 5.32 Å². The Morgan fingerprint density at radius 3 is 2.68 bits per heavy atom. The minimum absolute atomic E-state index is 0.0517. The Morgan fingerprint density at radius 2 is 1.95 bits per heavy atom. The second-order valence-electron chi connectivity index (χ2n) is 4.30. The van der Waals surface area contributed by atoms with Crippen LogP contribution in [0.15, 0.2) is 48.5 Å². The first kappa shape index (κ1) is 13.8. The number of carbonyl (C=O) groups is 1. The van der Waals surface area contributed by atoms with E-state index in [-0.39, 0.29) is 5.91 Å². The van der Waals surface area contributed by atoms with Crippen molar-refractivity contribution >= 4 is 27.5 Å². The maximum absolute atomic E-state index is 12.3. The molecule has 0 aliphatic carbocycles. The Morgan fingerprint density at radius 1 is 1.16 bits per heavy atom. The third kappa shape index (κ3) is 3.44. The Balaban J connectivity index is 2.20. The van der Waals surface area contributed by atoms with E-state index in [1.54, 1.807) is 0 Å². The number of aryl methyl sites for hydroxylation is 1. The number of halogens is 1. The second kappa shape index (κ2) is 6.53. The molecule has 2 aromatic rings. The van der Waals surface area contributed by atoms with Gasteiger partial charge in [-0.3, -0.25) is 4.79 Å². The number of carbonyl (C=O) groups excluding carboxylic acids is 1. The molecule has 0 saturated carbocycles. The van der Waals surface area contributed by atoms with E-state index in [4.69, 9.17) is 0 Å². The van der Waals surface area contributed by atoms with E-state index in [1.165, 1.54) is 0 Å². The summed E-state index contributed by atoms with van der Waals surface area (Å²) in [4.78, 5) is 12.3. The zero-order chi connectivity index (χ0) is 13.7. The zero-order valence-corrected chi connectivity index (χ0v) is 12.4. The lowest BCUT2D eigenvalue weighted by molar-refractivity contribution is 0.102. The lowest BCUT2D eigenvalue weighted by Gasteiger charge is -2.09. The standard InChI is InChI=1S/C16H16BrNO/c1-2-13-7-3-4-9-15(13)16(19)18-14-8-5-6-12(10-14)11-17/h3-10H,2,11H2,1H3,(H,18,19). The van der Waals surface area contributed by atoms with Gasteiger partial charge in [0.2, 0.25) is 0 Å². The topological polar surface area (TPSA) is 29.1 Å². The molecule has 0 bridgehead atoms. The van der Waals surface area contributed by atoms with Crippen LogP contribution in [0.3, 0.4) is 0 Å². The average molecular weight is 318 g/mol. The van der Waals surface area contributed by atoms with Gasteiger partial charge in [-0.15, -0.1) is 0 Å². The van der Waals surface area contributed by atoms with Crippen molar-refractivity contribution in [2.24, 2.45) is 0 Å². The van der Waals surface area contributed by atoms with Gasteiger partial charge >= 0.3 is 0 Å². The van der Waals surface area contributed by atoms with Gasteiger partial charge in [0.1, 0.15) is 0 Å². The van der Waals surface area contributed by atoms with Gasteiger partial charge in [-0.25, -0.2) is 0 Å². The maximum Gasteiger partial charge on any atom is 0.255 e. The molecule has 0 fully saturated rings. The van der Waals surface area contributed by atoms with Crippen molar-refractivity contribution in [3.05, 3.63) is 65.2 Å². The van der Waals surface area contributed by atoms with Crippen LogP contribution in [0.2, 0.25) is 0 Å². The average Bonchev–Trinajstić information content (AvgIpc) is 2.47. The molecular formula is C16H16BrNO. The monoisotopic (exact) mass is 317 g/mol. The van der Waals surface area contributed by atoms with Gasteiger partial charge in [0.05, 0.1) is 0 Å². The van der Waals surface area contributed by atoms with Crippen LogP contribution in [-0.2, 0) is 11.8 Å². The molecule has 2 nitrogen and oxygen atoms in total. The number of alkyl halides is 1. The molecule has 0 spiro atoms. The molecule has 0 aliphatic heterocycles. The number of rotatable bonds is 4. The lowest BCUT2D eigenvalue weighted by Crippen LogP contribution is -2.14. The van der Waals surface area contributed by atoms with Gasteiger partial charge in [0, 0.05) is 16.6 Å². The molecule has 2 aromatic carbocycles. The number of benzene rings is 2. The molecule has 0 heterocycles. The first-order chi connectivity index (χ1) is 9.24. The molecule has 0 unspecified atom stereocenters. The number of hydrogen-bond donors (Lipinski definition) is 1. The van der Waals surface area contributed by atoms with Crippen LogP contribution in [-0.4, -0.2) is 5.91 Å². The van der Waals surface area contributed by atoms with Gasteiger partial charge in [-0.1, -0.05) is 53.2 Å². The van der Waals surface area contributed by atoms with Crippen molar-refractivity contribution in [3.63, 3.8) is 0 Å². The van der Waals surface area contributed by atoms with Gasteiger partial charge in [0.25, 0.3) is 5.91 Å². The number of amides is 1. The Hall–Kier alpha value is -1.61. The normalized spacial score (nSPS) is 10.2. The summed E-state index contributed by atoms with van der Waals surface area (Å²) in [5.74, 6) is -0.0517. The van der Waals surface area contributed by atoms with Gasteiger partial charge in [0.15, 0.2) is 0 Å². The smallest absolute Gasteiger partial charge is 0.255 e. The fourth-order valence-electron chi connectivity index (χ4n) is 1.98. The molecule has 3 heteroatoms. The molecule has 2 rings (SSSR count). The summed E-state index contributed by atoms with van der Waals surface area (Å²) in [6.07, 6.45) is 0.852. The summed E-state index contributed by atoms with van der Waals surface area (Å²) in [6, 6.07) is 15.5. The molecule has 1 amide bonds. The molecule has 0 atom stereocenters. The van der Waals surface area contributed by atoms with Gasteiger partial charge in [-0.2, -0.15) is 0 Å². The van der Waals surface area contributed by atoms with E-state index in [1.807, 2.05) is 48.5 Å². The first-order valence-corrected chi connectivity index (χ1v) is 7.41. The minimum Gasteiger partial charge on any atom is -0.322 e. The maximum atomic E-state index is 12.3. The van der Waals surface area contributed by atoms with Crippen molar-refractivity contribution in [2.45, 2.75) is 18.7 Å². The number of hydrogen-bond acceptors (Lipinski definition) is 1. The van der Waals surface area contributed by atoms with Crippen molar-refractivity contribution < 1.29 is 4.79 Å². The Bertz CT molecular complexity index is 580. The Labute approximate surface area is 122 Å². The van der Waals surface area contributed by atoms with Crippen LogP contribution in [0.25, 0.3) is 0 Å². The summed E-state index contributed by atoms with van der Waals surface area (Å²) in [7, 11) is 0. The summed E-state index contributed by atoms with van der Waals surface area (Å²) >= 11 is 3.41. The van der Waals surface area contributed by atoms with Crippen LogP contribution < -0.4 is 5.32 Å². The van der Waals surface area contributed by atoms with Crippen molar-refractivity contribution in [1.29, 1.82) is 0 Å². The third-order valence-corrected chi connectivity index (χ3v) is 3.63. The summed E-state index contributed by atoms with van der Waals surface area (Å²) in [5.41, 5.74) is 3.78. The molecule has 98 valence electrons. The SMILES string of the molecule is CCc1ccccc1C(=O)Nc1cccc(CBr)c1.